The van der Waals surface area contributed by atoms with E-state index in [4.69, 9.17) is 9.47 Å². The lowest BCUT2D eigenvalue weighted by molar-refractivity contribution is 0.0678. The Kier molecular flexibility index (Phi) is 6.47. The van der Waals surface area contributed by atoms with Gasteiger partial charge in [-0.1, -0.05) is 18.2 Å². The SMILES string of the molecule is C=CCn1ncc(CN(Cc2ccc(OC)cc2)CC2CCCO2)c1C. The highest BCUT2D eigenvalue weighted by atomic mass is 16.5. The van der Waals surface area contributed by atoms with Gasteiger partial charge in [-0.05, 0) is 37.5 Å². The van der Waals surface area contributed by atoms with Crippen LogP contribution in [0, 0.1) is 6.92 Å². The molecule has 5 heteroatoms. The summed E-state index contributed by atoms with van der Waals surface area (Å²) in [5, 5.41) is 4.49. The smallest absolute Gasteiger partial charge is 0.118 e. The maximum Gasteiger partial charge on any atom is 0.118 e. The van der Waals surface area contributed by atoms with Crippen molar-refractivity contribution in [3.63, 3.8) is 0 Å². The Hall–Kier alpha value is -2.11. The van der Waals surface area contributed by atoms with E-state index in [0.29, 0.717) is 6.10 Å². The van der Waals surface area contributed by atoms with E-state index in [2.05, 4.69) is 35.6 Å². The molecule has 1 aliphatic rings. The van der Waals surface area contributed by atoms with Gasteiger partial charge in [-0.15, -0.1) is 6.58 Å². The highest BCUT2D eigenvalue weighted by Gasteiger charge is 2.20. The summed E-state index contributed by atoms with van der Waals surface area (Å²) in [4.78, 5) is 2.46. The molecular formula is C21H29N3O2. The Morgan fingerprint density at radius 3 is 2.81 bits per heavy atom. The van der Waals surface area contributed by atoms with Crippen LogP contribution in [-0.4, -0.2) is 41.0 Å². The lowest BCUT2D eigenvalue weighted by Gasteiger charge is -2.25. The highest BCUT2D eigenvalue weighted by molar-refractivity contribution is 5.27. The maximum absolute atomic E-state index is 5.87. The topological polar surface area (TPSA) is 39.5 Å². The fourth-order valence-corrected chi connectivity index (χ4v) is 3.44. The first kappa shape index (κ1) is 18.7. The van der Waals surface area contributed by atoms with Gasteiger partial charge in [0.1, 0.15) is 5.75 Å². The minimum Gasteiger partial charge on any atom is -0.497 e. The number of allylic oxidation sites excluding steroid dienone is 1. The summed E-state index contributed by atoms with van der Waals surface area (Å²) >= 11 is 0. The summed E-state index contributed by atoms with van der Waals surface area (Å²) in [6, 6.07) is 8.31. The van der Waals surface area contributed by atoms with Crippen LogP contribution in [0.4, 0.5) is 0 Å². The van der Waals surface area contributed by atoms with Crippen LogP contribution < -0.4 is 4.74 Å². The zero-order valence-corrected chi connectivity index (χ0v) is 15.9. The molecule has 1 saturated heterocycles. The molecule has 0 radical (unpaired) electrons. The van der Waals surface area contributed by atoms with Crippen molar-refractivity contribution in [2.45, 2.75) is 45.5 Å². The van der Waals surface area contributed by atoms with E-state index < -0.39 is 0 Å². The van der Waals surface area contributed by atoms with Gasteiger partial charge < -0.3 is 9.47 Å². The Morgan fingerprint density at radius 1 is 1.35 bits per heavy atom. The molecule has 0 saturated carbocycles. The third-order valence-corrected chi connectivity index (χ3v) is 4.95. The summed E-state index contributed by atoms with van der Waals surface area (Å²) in [7, 11) is 1.70. The van der Waals surface area contributed by atoms with Crippen LogP contribution in [-0.2, 0) is 24.4 Å². The van der Waals surface area contributed by atoms with E-state index in [1.165, 1.54) is 16.8 Å². The van der Waals surface area contributed by atoms with Crippen molar-refractivity contribution in [3.05, 3.63) is 59.9 Å². The molecule has 1 atom stereocenters. The molecule has 1 unspecified atom stereocenters. The second-order valence-corrected chi connectivity index (χ2v) is 6.88. The molecule has 1 aromatic carbocycles. The number of aromatic nitrogens is 2. The Morgan fingerprint density at radius 2 is 2.15 bits per heavy atom. The van der Waals surface area contributed by atoms with E-state index in [0.717, 1.165) is 51.4 Å². The van der Waals surface area contributed by atoms with Crippen LogP contribution in [0.25, 0.3) is 0 Å². The molecule has 0 bridgehead atoms. The van der Waals surface area contributed by atoms with Gasteiger partial charge in [-0.25, -0.2) is 0 Å². The van der Waals surface area contributed by atoms with Crippen molar-refractivity contribution in [1.82, 2.24) is 14.7 Å². The lowest BCUT2D eigenvalue weighted by atomic mass is 10.1. The quantitative estimate of drug-likeness (QED) is 0.645. The second kappa shape index (κ2) is 9.01. The standard InChI is InChI=1S/C21H29N3O2/c1-4-11-24-17(2)19(13-22-24)15-23(16-21-6-5-12-26-21)14-18-7-9-20(25-3)10-8-18/h4,7-10,13,21H,1,5-6,11-12,14-16H2,2-3H3. The Labute approximate surface area is 156 Å². The Balaban J connectivity index is 1.72. The monoisotopic (exact) mass is 355 g/mol. The van der Waals surface area contributed by atoms with Crippen molar-refractivity contribution < 1.29 is 9.47 Å². The molecule has 0 aliphatic carbocycles. The van der Waals surface area contributed by atoms with Crippen molar-refractivity contribution in [1.29, 1.82) is 0 Å². The largest absolute Gasteiger partial charge is 0.497 e. The zero-order valence-electron chi connectivity index (χ0n) is 15.9. The molecule has 1 aliphatic heterocycles. The van der Waals surface area contributed by atoms with Gasteiger partial charge in [0.15, 0.2) is 0 Å². The Bertz CT molecular complexity index is 703. The summed E-state index contributed by atoms with van der Waals surface area (Å²) < 4.78 is 13.1. The minimum absolute atomic E-state index is 0.330. The van der Waals surface area contributed by atoms with Gasteiger partial charge in [0, 0.05) is 37.5 Å². The van der Waals surface area contributed by atoms with Crippen molar-refractivity contribution in [2.75, 3.05) is 20.3 Å². The molecule has 140 valence electrons. The zero-order chi connectivity index (χ0) is 18.4. The number of hydrogen-bond donors (Lipinski definition) is 0. The second-order valence-electron chi connectivity index (χ2n) is 6.88. The van der Waals surface area contributed by atoms with E-state index >= 15 is 0 Å². The summed E-state index contributed by atoms with van der Waals surface area (Å²) in [5.41, 5.74) is 3.75. The molecule has 0 N–H and O–H groups in total. The third-order valence-electron chi connectivity index (χ3n) is 4.95. The van der Waals surface area contributed by atoms with Crippen LogP contribution in [0.3, 0.4) is 0 Å². The average Bonchev–Trinajstić information content (AvgIpc) is 3.28. The average molecular weight is 355 g/mol. The van der Waals surface area contributed by atoms with Crippen molar-refractivity contribution in [2.24, 2.45) is 0 Å². The highest BCUT2D eigenvalue weighted by Crippen LogP contribution is 2.20. The molecular weight excluding hydrogens is 326 g/mol. The predicted octanol–water partition coefficient (Wildman–Crippen LogP) is 3.57. The third kappa shape index (κ3) is 4.74. The lowest BCUT2D eigenvalue weighted by Crippen LogP contribution is -2.31. The number of benzene rings is 1. The van der Waals surface area contributed by atoms with Crippen molar-refractivity contribution in [3.8, 4) is 5.75 Å². The first-order valence-electron chi connectivity index (χ1n) is 9.28. The number of nitrogens with zero attached hydrogens (tertiary/aromatic N) is 3. The van der Waals surface area contributed by atoms with Gasteiger partial charge in [-0.3, -0.25) is 9.58 Å². The molecule has 1 aromatic heterocycles. The van der Waals surface area contributed by atoms with Crippen LogP contribution in [0.15, 0.2) is 43.1 Å². The van der Waals surface area contributed by atoms with Crippen LogP contribution in [0.5, 0.6) is 5.75 Å². The molecule has 0 spiro atoms. The first-order valence-corrected chi connectivity index (χ1v) is 9.28. The summed E-state index contributed by atoms with van der Waals surface area (Å²) in [5.74, 6) is 0.890. The van der Waals surface area contributed by atoms with Gasteiger partial charge >= 0.3 is 0 Å². The number of methoxy groups -OCH3 is 1. The van der Waals surface area contributed by atoms with Crippen LogP contribution >= 0.6 is 0 Å². The van der Waals surface area contributed by atoms with E-state index in [9.17, 15) is 0 Å². The fraction of sp³-hybridized carbons (Fsp3) is 0.476. The first-order chi connectivity index (χ1) is 12.7. The van der Waals surface area contributed by atoms with Gasteiger partial charge in [-0.2, -0.15) is 5.10 Å². The molecule has 3 rings (SSSR count). The molecule has 1 fully saturated rings. The van der Waals surface area contributed by atoms with Gasteiger partial charge in [0.05, 0.1) is 26.0 Å². The van der Waals surface area contributed by atoms with E-state index in [1.807, 2.05) is 29.1 Å². The number of ether oxygens (including phenoxy) is 2. The van der Waals surface area contributed by atoms with Gasteiger partial charge in [0.25, 0.3) is 0 Å². The molecule has 2 aromatic rings. The minimum atomic E-state index is 0.330. The molecule has 26 heavy (non-hydrogen) atoms. The molecule has 5 nitrogen and oxygen atoms in total. The fourth-order valence-electron chi connectivity index (χ4n) is 3.44. The van der Waals surface area contributed by atoms with Crippen LogP contribution in [0.2, 0.25) is 0 Å². The van der Waals surface area contributed by atoms with Crippen molar-refractivity contribution >= 4 is 0 Å². The number of rotatable bonds is 9. The maximum atomic E-state index is 5.87. The summed E-state index contributed by atoms with van der Waals surface area (Å²) in [6.45, 7) is 10.3. The molecule has 0 amide bonds. The van der Waals surface area contributed by atoms with E-state index in [-0.39, 0.29) is 0 Å². The van der Waals surface area contributed by atoms with Crippen LogP contribution in [0.1, 0.15) is 29.7 Å². The normalized spacial score (nSPS) is 17.0. The molecule has 2 heterocycles. The predicted molar refractivity (Wildman–Crippen MR) is 103 cm³/mol. The van der Waals surface area contributed by atoms with Gasteiger partial charge in [0.2, 0.25) is 0 Å². The van der Waals surface area contributed by atoms with E-state index in [1.54, 1.807) is 7.11 Å². The summed E-state index contributed by atoms with van der Waals surface area (Å²) in [6.07, 6.45) is 6.50. The number of hydrogen-bond acceptors (Lipinski definition) is 4.